The van der Waals surface area contributed by atoms with Crippen LogP contribution in [0.15, 0.2) is 24.3 Å². The Morgan fingerprint density at radius 1 is 1.22 bits per heavy atom. The van der Waals surface area contributed by atoms with Gasteiger partial charge in [-0.15, -0.1) is 0 Å². The Bertz CT molecular complexity index is 399. The second kappa shape index (κ2) is 4.70. The standard InChI is InChI=1S/C17H27N/c1-13-6-8-15(9-7-13)17(11-10-14(17)2)12-18-16(3,4)5/h6-9,14,18H,10-12H2,1-5H3. The van der Waals surface area contributed by atoms with Crippen LogP contribution in [0.3, 0.4) is 0 Å². The average molecular weight is 245 g/mol. The number of hydrogen-bond donors (Lipinski definition) is 1. The number of aryl methyl sites for hydroxylation is 1. The van der Waals surface area contributed by atoms with Gasteiger partial charge in [-0.2, -0.15) is 0 Å². The Morgan fingerprint density at radius 2 is 1.83 bits per heavy atom. The second-order valence-corrected chi connectivity index (χ2v) is 7.07. The molecule has 1 N–H and O–H groups in total. The highest BCUT2D eigenvalue weighted by Crippen LogP contribution is 2.48. The van der Waals surface area contributed by atoms with Crippen LogP contribution < -0.4 is 5.32 Å². The quantitative estimate of drug-likeness (QED) is 0.847. The zero-order valence-corrected chi connectivity index (χ0v) is 12.5. The van der Waals surface area contributed by atoms with E-state index in [9.17, 15) is 0 Å². The zero-order valence-electron chi connectivity index (χ0n) is 12.5. The molecule has 1 saturated carbocycles. The van der Waals surface area contributed by atoms with Gasteiger partial charge in [-0.05, 0) is 52.0 Å². The van der Waals surface area contributed by atoms with E-state index in [2.05, 4.69) is 64.2 Å². The van der Waals surface area contributed by atoms with Crippen molar-refractivity contribution in [3.8, 4) is 0 Å². The fourth-order valence-electron chi connectivity index (χ4n) is 2.88. The molecule has 1 aliphatic carbocycles. The first-order valence-corrected chi connectivity index (χ1v) is 7.16. The normalized spacial score (nSPS) is 27.9. The van der Waals surface area contributed by atoms with Gasteiger partial charge in [0.2, 0.25) is 0 Å². The molecule has 1 aromatic carbocycles. The van der Waals surface area contributed by atoms with Gasteiger partial charge in [0.05, 0.1) is 0 Å². The summed E-state index contributed by atoms with van der Waals surface area (Å²) in [5, 5.41) is 3.71. The second-order valence-electron chi connectivity index (χ2n) is 7.07. The Kier molecular flexibility index (Phi) is 3.55. The van der Waals surface area contributed by atoms with Crippen LogP contribution in [0, 0.1) is 12.8 Å². The molecule has 18 heavy (non-hydrogen) atoms. The molecule has 100 valence electrons. The highest BCUT2D eigenvalue weighted by atomic mass is 15.0. The molecule has 0 bridgehead atoms. The van der Waals surface area contributed by atoms with E-state index >= 15 is 0 Å². The summed E-state index contributed by atoms with van der Waals surface area (Å²) in [7, 11) is 0. The molecule has 0 heterocycles. The lowest BCUT2D eigenvalue weighted by Crippen LogP contribution is -2.53. The first kappa shape index (κ1) is 13.6. The molecule has 2 rings (SSSR count). The summed E-state index contributed by atoms with van der Waals surface area (Å²) in [6, 6.07) is 9.16. The predicted molar refractivity (Wildman–Crippen MR) is 79.0 cm³/mol. The number of nitrogens with one attached hydrogen (secondary N) is 1. The molecule has 2 unspecified atom stereocenters. The molecule has 0 aromatic heterocycles. The van der Waals surface area contributed by atoms with Crippen molar-refractivity contribution in [3.05, 3.63) is 35.4 Å². The summed E-state index contributed by atoms with van der Waals surface area (Å²) >= 11 is 0. The summed E-state index contributed by atoms with van der Waals surface area (Å²) in [5.41, 5.74) is 3.43. The fraction of sp³-hybridized carbons (Fsp3) is 0.647. The van der Waals surface area contributed by atoms with Crippen LogP contribution >= 0.6 is 0 Å². The van der Waals surface area contributed by atoms with Gasteiger partial charge in [0, 0.05) is 17.5 Å². The molecule has 2 atom stereocenters. The van der Waals surface area contributed by atoms with Crippen molar-refractivity contribution in [3.63, 3.8) is 0 Å². The minimum atomic E-state index is 0.201. The first-order valence-electron chi connectivity index (χ1n) is 7.16. The van der Waals surface area contributed by atoms with Crippen LogP contribution in [-0.2, 0) is 5.41 Å². The molecule has 0 amide bonds. The van der Waals surface area contributed by atoms with Crippen LogP contribution in [-0.4, -0.2) is 12.1 Å². The van der Waals surface area contributed by atoms with E-state index in [4.69, 9.17) is 0 Å². The van der Waals surface area contributed by atoms with Crippen molar-refractivity contribution in [1.29, 1.82) is 0 Å². The fourth-order valence-corrected chi connectivity index (χ4v) is 2.88. The summed E-state index contributed by atoms with van der Waals surface area (Å²) in [5.74, 6) is 0.787. The molecule has 0 aliphatic heterocycles. The third-order valence-corrected chi connectivity index (χ3v) is 4.53. The Labute approximate surface area is 112 Å². The first-order chi connectivity index (χ1) is 8.33. The monoisotopic (exact) mass is 245 g/mol. The highest BCUT2D eigenvalue weighted by Gasteiger charge is 2.45. The lowest BCUT2D eigenvalue weighted by Gasteiger charge is -2.50. The lowest BCUT2D eigenvalue weighted by molar-refractivity contribution is 0.124. The predicted octanol–water partition coefficient (Wildman–Crippen LogP) is 4.05. The summed E-state index contributed by atoms with van der Waals surface area (Å²) in [4.78, 5) is 0. The zero-order chi connectivity index (χ0) is 13.4. The third-order valence-electron chi connectivity index (χ3n) is 4.53. The van der Waals surface area contributed by atoms with E-state index in [1.54, 1.807) is 0 Å². The summed E-state index contributed by atoms with van der Waals surface area (Å²) < 4.78 is 0. The molecular formula is C17H27N. The van der Waals surface area contributed by atoms with Gasteiger partial charge < -0.3 is 5.32 Å². The van der Waals surface area contributed by atoms with Crippen molar-refractivity contribution in [2.45, 2.75) is 58.4 Å². The lowest BCUT2D eigenvalue weighted by atomic mass is 9.57. The maximum atomic E-state index is 3.71. The third kappa shape index (κ3) is 2.61. The van der Waals surface area contributed by atoms with E-state index in [0.29, 0.717) is 5.41 Å². The van der Waals surface area contributed by atoms with Crippen molar-refractivity contribution in [2.24, 2.45) is 5.92 Å². The van der Waals surface area contributed by atoms with Crippen LogP contribution in [0.25, 0.3) is 0 Å². The Balaban J connectivity index is 2.20. The maximum Gasteiger partial charge on any atom is 0.0104 e. The van der Waals surface area contributed by atoms with Gasteiger partial charge in [-0.3, -0.25) is 0 Å². The average Bonchev–Trinajstić information content (AvgIpc) is 2.28. The molecule has 0 spiro atoms. The SMILES string of the molecule is Cc1ccc(C2(CNC(C)(C)C)CCC2C)cc1. The summed E-state index contributed by atoms with van der Waals surface area (Å²) in [6.45, 7) is 12.4. The molecule has 0 radical (unpaired) electrons. The minimum Gasteiger partial charge on any atom is -0.311 e. The number of benzene rings is 1. The van der Waals surface area contributed by atoms with Crippen LogP contribution in [0.1, 0.15) is 51.7 Å². The topological polar surface area (TPSA) is 12.0 Å². The molecule has 1 aromatic rings. The minimum absolute atomic E-state index is 0.201. The van der Waals surface area contributed by atoms with Gasteiger partial charge in [0.1, 0.15) is 0 Å². The van der Waals surface area contributed by atoms with Crippen molar-refractivity contribution < 1.29 is 0 Å². The Morgan fingerprint density at radius 3 is 2.22 bits per heavy atom. The number of rotatable bonds is 3. The van der Waals surface area contributed by atoms with E-state index in [-0.39, 0.29) is 5.54 Å². The maximum absolute atomic E-state index is 3.71. The van der Waals surface area contributed by atoms with Crippen molar-refractivity contribution in [1.82, 2.24) is 5.32 Å². The molecule has 1 heteroatoms. The van der Waals surface area contributed by atoms with E-state index < -0.39 is 0 Å². The van der Waals surface area contributed by atoms with Crippen LogP contribution in [0.4, 0.5) is 0 Å². The number of hydrogen-bond acceptors (Lipinski definition) is 1. The molecule has 1 nitrogen and oxygen atoms in total. The van der Waals surface area contributed by atoms with Gasteiger partial charge in [0.15, 0.2) is 0 Å². The molecule has 0 saturated heterocycles. The highest BCUT2D eigenvalue weighted by molar-refractivity contribution is 5.32. The van der Waals surface area contributed by atoms with Gasteiger partial charge in [-0.25, -0.2) is 0 Å². The van der Waals surface area contributed by atoms with Crippen molar-refractivity contribution >= 4 is 0 Å². The van der Waals surface area contributed by atoms with E-state index in [1.165, 1.54) is 24.0 Å². The summed E-state index contributed by atoms with van der Waals surface area (Å²) in [6.07, 6.45) is 2.68. The molecular weight excluding hydrogens is 218 g/mol. The molecule has 1 aliphatic rings. The van der Waals surface area contributed by atoms with Gasteiger partial charge in [0.25, 0.3) is 0 Å². The van der Waals surface area contributed by atoms with E-state index in [1.807, 2.05) is 0 Å². The molecule has 1 fully saturated rings. The van der Waals surface area contributed by atoms with Gasteiger partial charge in [-0.1, -0.05) is 36.8 Å². The smallest absolute Gasteiger partial charge is 0.0104 e. The van der Waals surface area contributed by atoms with E-state index in [0.717, 1.165) is 12.5 Å². The van der Waals surface area contributed by atoms with Gasteiger partial charge >= 0.3 is 0 Å². The van der Waals surface area contributed by atoms with Crippen molar-refractivity contribution in [2.75, 3.05) is 6.54 Å². The van der Waals surface area contributed by atoms with Crippen LogP contribution in [0.2, 0.25) is 0 Å². The largest absolute Gasteiger partial charge is 0.311 e. The van der Waals surface area contributed by atoms with Crippen LogP contribution in [0.5, 0.6) is 0 Å². The Hall–Kier alpha value is -0.820.